The van der Waals surface area contributed by atoms with Gasteiger partial charge in [-0.2, -0.15) is 0 Å². The highest BCUT2D eigenvalue weighted by molar-refractivity contribution is 5.79. The van der Waals surface area contributed by atoms with Crippen molar-refractivity contribution in [3.8, 4) is 22.9 Å². The van der Waals surface area contributed by atoms with Crippen molar-refractivity contribution in [1.82, 2.24) is 14.9 Å². The van der Waals surface area contributed by atoms with E-state index in [4.69, 9.17) is 9.47 Å². The van der Waals surface area contributed by atoms with Crippen LogP contribution >= 0.6 is 0 Å². The molecule has 1 aliphatic carbocycles. The summed E-state index contributed by atoms with van der Waals surface area (Å²) >= 11 is 0. The van der Waals surface area contributed by atoms with Crippen LogP contribution in [-0.2, 0) is 11.2 Å². The molecule has 0 aromatic heterocycles. The summed E-state index contributed by atoms with van der Waals surface area (Å²) < 4.78 is 13.0. The number of nitrogens with one attached hydrogen (secondary N) is 1. The zero-order chi connectivity index (χ0) is 18.9. The van der Waals surface area contributed by atoms with E-state index in [1.807, 2.05) is 30.5 Å². The molecule has 1 aromatic carbocycles. The van der Waals surface area contributed by atoms with Crippen molar-refractivity contribution in [3.05, 3.63) is 54.4 Å². The number of hydrogen-bond acceptors (Lipinski definition) is 4. The smallest absolute Gasteiger partial charge is 0.231 e. The Kier molecular flexibility index (Phi) is 4.39. The van der Waals surface area contributed by atoms with Crippen LogP contribution < -0.4 is 14.8 Å². The minimum atomic E-state index is 0.0646. The maximum absolute atomic E-state index is 12.5. The fraction of sp³-hybridized carbons (Fsp3) is 0.364. The van der Waals surface area contributed by atoms with Crippen LogP contribution in [0.2, 0.25) is 0 Å². The number of aromatic nitrogens is 2. The fourth-order valence-electron chi connectivity index (χ4n) is 4.30. The Bertz CT molecular complexity index is 959. The van der Waals surface area contributed by atoms with Crippen molar-refractivity contribution in [2.24, 2.45) is 0 Å². The van der Waals surface area contributed by atoms with Crippen molar-refractivity contribution < 1.29 is 14.3 Å². The van der Waals surface area contributed by atoms with Crippen LogP contribution in [0.3, 0.4) is 0 Å². The molecule has 1 amide bonds. The number of carbonyl (C=O) groups excluding carboxylic acids is 1. The second kappa shape index (κ2) is 7.19. The number of carbonyl (C=O) groups is 1. The van der Waals surface area contributed by atoms with E-state index in [9.17, 15) is 4.79 Å². The number of benzene rings is 1. The summed E-state index contributed by atoms with van der Waals surface area (Å²) in [5.41, 5.74) is 2.13. The minimum absolute atomic E-state index is 0.0646. The van der Waals surface area contributed by atoms with E-state index in [0.29, 0.717) is 12.5 Å². The van der Waals surface area contributed by atoms with Gasteiger partial charge in [0.1, 0.15) is 5.82 Å². The van der Waals surface area contributed by atoms with Gasteiger partial charge in [-0.05, 0) is 61.6 Å². The summed E-state index contributed by atoms with van der Waals surface area (Å²) in [4.78, 5) is 17.0. The lowest BCUT2D eigenvalue weighted by molar-refractivity contribution is -0.121. The largest absolute Gasteiger partial charge is 0.454 e. The van der Waals surface area contributed by atoms with Crippen LogP contribution in [0.1, 0.15) is 37.3 Å². The van der Waals surface area contributed by atoms with Crippen molar-refractivity contribution in [2.75, 3.05) is 6.79 Å². The van der Waals surface area contributed by atoms with E-state index in [2.05, 4.69) is 33.2 Å². The molecule has 6 nitrogen and oxygen atoms in total. The molecular formula is C22H23N3O3. The van der Waals surface area contributed by atoms with Crippen LogP contribution in [0, 0.1) is 0 Å². The highest BCUT2D eigenvalue weighted by Crippen LogP contribution is 2.34. The Hall–Kier alpha value is -3.02. The average Bonchev–Trinajstić information content (AvgIpc) is 3.37. The van der Waals surface area contributed by atoms with Crippen LogP contribution in [0.25, 0.3) is 11.4 Å². The molecule has 0 unspecified atom stereocenters. The second-order valence-electron chi connectivity index (χ2n) is 7.58. The van der Waals surface area contributed by atoms with E-state index in [-0.39, 0.29) is 18.7 Å². The number of pyridine rings is 1. The molecule has 144 valence electrons. The van der Waals surface area contributed by atoms with Crippen molar-refractivity contribution in [3.63, 3.8) is 0 Å². The third kappa shape index (κ3) is 3.30. The predicted molar refractivity (Wildman–Crippen MR) is 105 cm³/mol. The van der Waals surface area contributed by atoms with Gasteiger partial charge in [0.25, 0.3) is 0 Å². The Morgan fingerprint density at radius 2 is 1.96 bits per heavy atom. The maximum Gasteiger partial charge on any atom is 0.231 e. The lowest BCUT2D eigenvalue weighted by Gasteiger charge is -2.31. The van der Waals surface area contributed by atoms with Gasteiger partial charge in [-0.25, -0.2) is 4.98 Å². The Balaban J connectivity index is 1.16. The highest BCUT2D eigenvalue weighted by atomic mass is 16.7. The molecule has 0 atom stereocenters. The minimum Gasteiger partial charge on any atom is -0.454 e. The summed E-state index contributed by atoms with van der Waals surface area (Å²) in [6.45, 7) is 0.250. The van der Waals surface area contributed by atoms with E-state index < -0.39 is 0 Å². The molecule has 1 saturated carbocycles. The summed E-state index contributed by atoms with van der Waals surface area (Å²) in [6, 6.07) is 12.6. The molecule has 5 rings (SSSR count). The summed E-state index contributed by atoms with van der Waals surface area (Å²) in [7, 11) is 0. The molecule has 1 aromatic rings. The Morgan fingerprint density at radius 3 is 2.86 bits per heavy atom. The number of nitrogens with zero attached hydrogens (tertiary/aromatic N) is 2. The number of amides is 1. The molecule has 3 heterocycles. The van der Waals surface area contributed by atoms with Gasteiger partial charge in [0.05, 0.1) is 6.42 Å². The van der Waals surface area contributed by atoms with E-state index in [1.54, 1.807) is 0 Å². The van der Waals surface area contributed by atoms with Gasteiger partial charge in [0, 0.05) is 30.0 Å². The van der Waals surface area contributed by atoms with Gasteiger partial charge in [0.2, 0.25) is 12.7 Å². The Morgan fingerprint density at radius 1 is 1.11 bits per heavy atom. The number of rotatable bonds is 4. The first-order chi connectivity index (χ1) is 13.8. The average molecular weight is 377 g/mol. The van der Waals surface area contributed by atoms with E-state index >= 15 is 0 Å². The van der Waals surface area contributed by atoms with Crippen LogP contribution in [0.5, 0.6) is 11.5 Å². The second-order valence-corrected chi connectivity index (χ2v) is 7.58. The highest BCUT2D eigenvalue weighted by Gasteiger charge is 2.25. The van der Waals surface area contributed by atoms with Gasteiger partial charge in [-0.3, -0.25) is 4.79 Å². The molecule has 1 N–H and O–H groups in total. The molecule has 3 aliphatic heterocycles. The van der Waals surface area contributed by atoms with E-state index in [1.165, 1.54) is 5.56 Å². The molecule has 0 bridgehead atoms. The van der Waals surface area contributed by atoms with Crippen LogP contribution in [0.4, 0.5) is 0 Å². The van der Waals surface area contributed by atoms with Gasteiger partial charge >= 0.3 is 0 Å². The number of fused-ring (bicyclic) bond motifs is 2. The molecule has 28 heavy (non-hydrogen) atoms. The summed E-state index contributed by atoms with van der Waals surface area (Å²) in [5, 5.41) is 3.20. The summed E-state index contributed by atoms with van der Waals surface area (Å²) in [5.74, 6) is 2.58. The molecular weight excluding hydrogens is 354 g/mol. The van der Waals surface area contributed by atoms with Crippen LogP contribution in [0.15, 0.2) is 48.8 Å². The molecule has 0 spiro atoms. The first-order valence-electron chi connectivity index (χ1n) is 9.86. The van der Waals surface area contributed by atoms with Crippen LogP contribution in [-0.4, -0.2) is 28.3 Å². The van der Waals surface area contributed by atoms with Gasteiger partial charge in [-0.1, -0.05) is 6.07 Å². The molecule has 6 heteroatoms. The third-order valence-electron chi connectivity index (χ3n) is 5.73. The van der Waals surface area contributed by atoms with E-state index in [0.717, 1.165) is 48.6 Å². The van der Waals surface area contributed by atoms with Gasteiger partial charge < -0.3 is 19.4 Å². The third-order valence-corrected chi connectivity index (χ3v) is 5.73. The van der Waals surface area contributed by atoms with Crippen molar-refractivity contribution in [1.29, 1.82) is 0 Å². The molecule has 4 aliphatic rings. The summed E-state index contributed by atoms with van der Waals surface area (Å²) in [6.07, 6.45) is 8.42. The number of hydrogen-bond donors (Lipinski definition) is 1. The normalized spacial score (nSPS) is 21.0. The van der Waals surface area contributed by atoms with Gasteiger partial charge in [0.15, 0.2) is 11.5 Å². The predicted octanol–water partition coefficient (Wildman–Crippen LogP) is 3.56. The fourth-order valence-corrected chi connectivity index (χ4v) is 4.30. The maximum atomic E-state index is 12.5. The quantitative estimate of drug-likeness (QED) is 0.755. The van der Waals surface area contributed by atoms with Gasteiger partial charge in [-0.15, -0.1) is 0 Å². The first kappa shape index (κ1) is 17.1. The lowest BCUT2D eigenvalue weighted by Crippen LogP contribution is -2.38. The lowest BCUT2D eigenvalue weighted by atomic mass is 9.90. The zero-order valence-corrected chi connectivity index (χ0v) is 15.6. The zero-order valence-electron chi connectivity index (χ0n) is 15.6. The topological polar surface area (TPSA) is 65.4 Å². The van der Waals surface area contributed by atoms with Crippen molar-refractivity contribution >= 4 is 5.91 Å². The molecule has 1 fully saturated rings. The molecule has 0 radical (unpaired) electrons. The molecule has 0 saturated heterocycles. The van der Waals surface area contributed by atoms with Crippen molar-refractivity contribution in [2.45, 2.75) is 44.2 Å². The monoisotopic (exact) mass is 377 g/mol. The Labute approximate surface area is 163 Å². The SMILES string of the molecule is O=C(Cc1ccc2c(c1)OCO2)NC1CCC(n2cccc3ccnc2-3)CC1. The first-order valence-corrected chi connectivity index (χ1v) is 9.86. The number of ether oxygens (including phenoxy) is 2. The standard InChI is InChI=1S/C22H23N3O3/c26-21(13-15-3-8-19-20(12-15)28-14-27-19)24-17-4-6-18(7-5-17)25-11-1-2-16-9-10-23-22(16)25/h1-3,8-12,17-18H,4-7,13-14H2,(H,24,26).